The maximum atomic E-state index is 3.51. The highest BCUT2D eigenvalue weighted by Crippen LogP contribution is 2.21. The summed E-state index contributed by atoms with van der Waals surface area (Å²) in [4.78, 5) is 5.41. The topological polar surface area (TPSA) is 6.48 Å². The number of rotatable bonds is 4. The van der Waals surface area contributed by atoms with Crippen molar-refractivity contribution in [1.29, 1.82) is 0 Å². The van der Waals surface area contributed by atoms with Crippen molar-refractivity contribution in [3.05, 3.63) is 0 Å². The molecule has 0 saturated carbocycles. The lowest BCUT2D eigenvalue weighted by molar-refractivity contribution is 0.218. The van der Waals surface area contributed by atoms with Crippen LogP contribution in [0.3, 0.4) is 0 Å². The minimum atomic E-state index is 0.886. The molecule has 2 saturated heterocycles. The Kier molecular flexibility index (Phi) is 4.92. The molecule has 0 spiro atoms. The average molecular weight is 275 g/mol. The molecule has 0 aliphatic carbocycles. The number of hydrogen-bond donors (Lipinski definition) is 0. The Morgan fingerprint density at radius 1 is 1.07 bits per heavy atom. The molecule has 15 heavy (non-hydrogen) atoms. The zero-order chi connectivity index (χ0) is 10.5. The van der Waals surface area contributed by atoms with Crippen LogP contribution in [-0.2, 0) is 0 Å². The lowest BCUT2D eigenvalue weighted by Gasteiger charge is -2.25. The van der Waals surface area contributed by atoms with Gasteiger partial charge in [-0.25, -0.2) is 0 Å². The molecule has 2 aliphatic rings. The van der Waals surface area contributed by atoms with Crippen LogP contribution in [0.1, 0.15) is 32.1 Å². The van der Waals surface area contributed by atoms with E-state index in [4.69, 9.17) is 0 Å². The van der Waals surface area contributed by atoms with Crippen LogP contribution in [0.2, 0.25) is 0 Å². The van der Waals surface area contributed by atoms with Gasteiger partial charge >= 0.3 is 0 Å². The third-order valence-corrected chi connectivity index (χ3v) is 4.31. The van der Waals surface area contributed by atoms with E-state index in [1.165, 1.54) is 64.8 Å². The van der Waals surface area contributed by atoms with Gasteiger partial charge in [-0.2, -0.15) is 0 Å². The minimum absolute atomic E-state index is 0.886. The van der Waals surface area contributed by atoms with Crippen molar-refractivity contribution in [2.24, 2.45) is 0 Å². The summed E-state index contributed by atoms with van der Waals surface area (Å²) < 4.78 is 0. The first kappa shape index (κ1) is 11.9. The van der Waals surface area contributed by atoms with Crippen molar-refractivity contribution in [3.8, 4) is 0 Å². The summed E-state index contributed by atoms with van der Waals surface area (Å²) in [6.07, 6.45) is 6.93. The molecule has 2 nitrogen and oxygen atoms in total. The van der Waals surface area contributed by atoms with Gasteiger partial charge in [-0.15, -0.1) is 0 Å². The van der Waals surface area contributed by atoms with Gasteiger partial charge in [0.15, 0.2) is 0 Å². The molecule has 0 bridgehead atoms. The lowest BCUT2D eigenvalue weighted by atomic mass is 10.2. The Hall–Kier alpha value is 0.400. The van der Waals surface area contributed by atoms with E-state index >= 15 is 0 Å². The van der Waals surface area contributed by atoms with Gasteiger partial charge in [0.25, 0.3) is 0 Å². The SMILES string of the molecule is BrCCCCN1CCCN2CCCC2C1. The van der Waals surface area contributed by atoms with Gasteiger partial charge < -0.3 is 4.90 Å². The average Bonchev–Trinajstić information content (AvgIpc) is 2.58. The third kappa shape index (κ3) is 3.43. The van der Waals surface area contributed by atoms with Gasteiger partial charge in [-0.05, 0) is 58.3 Å². The number of halogens is 1. The Balaban J connectivity index is 1.75. The van der Waals surface area contributed by atoms with E-state index in [0.717, 1.165) is 11.4 Å². The molecule has 0 aromatic heterocycles. The summed E-state index contributed by atoms with van der Waals surface area (Å²) in [6, 6.07) is 0.886. The summed E-state index contributed by atoms with van der Waals surface area (Å²) in [5.41, 5.74) is 0. The lowest BCUT2D eigenvalue weighted by Crippen LogP contribution is -2.37. The van der Waals surface area contributed by atoms with Gasteiger partial charge in [0.2, 0.25) is 0 Å². The summed E-state index contributed by atoms with van der Waals surface area (Å²) in [5, 5.41) is 1.16. The molecule has 0 aromatic carbocycles. The standard InChI is InChI=1S/C12H23BrN2/c13-6-1-2-7-14-8-4-10-15-9-3-5-12(15)11-14/h12H,1-11H2. The van der Waals surface area contributed by atoms with Crippen molar-refractivity contribution in [3.63, 3.8) is 0 Å². The Labute approximate surface area is 102 Å². The van der Waals surface area contributed by atoms with E-state index < -0.39 is 0 Å². The molecule has 88 valence electrons. The number of unbranched alkanes of at least 4 members (excludes halogenated alkanes) is 1. The van der Waals surface area contributed by atoms with Crippen LogP contribution in [0.15, 0.2) is 0 Å². The first-order valence-corrected chi connectivity index (χ1v) is 7.54. The highest BCUT2D eigenvalue weighted by Gasteiger charge is 2.28. The van der Waals surface area contributed by atoms with Crippen LogP contribution in [0.4, 0.5) is 0 Å². The second-order valence-electron chi connectivity index (χ2n) is 4.88. The van der Waals surface area contributed by atoms with Crippen molar-refractivity contribution < 1.29 is 0 Å². The van der Waals surface area contributed by atoms with Crippen molar-refractivity contribution >= 4 is 15.9 Å². The molecule has 3 heteroatoms. The van der Waals surface area contributed by atoms with E-state index in [1.807, 2.05) is 0 Å². The fraction of sp³-hybridized carbons (Fsp3) is 1.00. The van der Waals surface area contributed by atoms with Crippen LogP contribution in [-0.4, -0.2) is 53.9 Å². The van der Waals surface area contributed by atoms with Crippen molar-refractivity contribution in [1.82, 2.24) is 9.80 Å². The largest absolute Gasteiger partial charge is 0.302 e. The van der Waals surface area contributed by atoms with Crippen LogP contribution < -0.4 is 0 Å². The smallest absolute Gasteiger partial charge is 0.0223 e. The normalized spacial score (nSPS) is 29.0. The van der Waals surface area contributed by atoms with Gasteiger partial charge in [0, 0.05) is 17.9 Å². The van der Waals surface area contributed by atoms with Gasteiger partial charge in [-0.1, -0.05) is 15.9 Å². The molecule has 0 radical (unpaired) electrons. The fourth-order valence-corrected chi connectivity index (χ4v) is 3.31. The van der Waals surface area contributed by atoms with Crippen molar-refractivity contribution in [2.45, 2.75) is 38.1 Å². The molecule has 0 amide bonds. The number of alkyl halides is 1. The predicted octanol–water partition coefficient (Wildman–Crippen LogP) is 2.33. The van der Waals surface area contributed by atoms with Crippen molar-refractivity contribution in [2.75, 3.05) is 38.1 Å². The maximum Gasteiger partial charge on any atom is 0.0223 e. The van der Waals surface area contributed by atoms with E-state index in [1.54, 1.807) is 0 Å². The summed E-state index contributed by atoms with van der Waals surface area (Å²) in [5.74, 6) is 0. The quantitative estimate of drug-likeness (QED) is 0.574. The van der Waals surface area contributed by atoms with Crippen LogP contribution >= 0.6 is 15.9 Å². The molecule has 1 unspecified atom stereocenters. The summed E-state index contributed by atoms with van der Waals surface area (Å²) in [7, 11) is 0. The van der Waals surface area contributed by atoms with Crippen LogP contribution in [0, 0.1) is 0 Å². The molecule has 1 atom stereocenters. The van der Waals surface area contributed by atoms with Crippen LogP contribution in [0.25, 0.3) is 0 Å². The monoisotopic (exact) mass is 274 g/mol. The first-order chi connectivity index (χ1) is 7.40. The Bertz CT molecular complexity index is 186. The van der Waals surface area contributed by atoms with E-state index in [0.29, 0.717) is 0 Å². The van der Waals surface area contributed by atoms with E-state index in [-0.39, 0.29) is 0 Å². The number of nitrogens with zero attached hydrogens (tertiary/aromatic N) is 2. The molecule has 2 aliphatic heterocycles. The van der Waals surface area contributed by atoms with Gasteiger partial charge in [-0.3, -0.25) is 4.90 Å². The molecular formula is C12H23BrN2. The van der Waals surface area contributed by atoms with E-state index in [2.05, 4.69) is 25.7 Å². The van der Waals surface area contributed by atoms with Gasteiger partial charge in [0.05, 0.1) is 0 Å². The number of hydrogen-bond acceptors (Lipinski definition) is 2. The Morgan fingerprint density at radius 2 is 1.93 bits per heavy atom. The van der Waals surface area contributed by atoms with Gasteiger partial charge in [0.1, 0.15) is 0 Å². The first-order valence-electron chi connectivity index (χ1n) is 6.42. The Morgan fingerprint density at radius 3 is 2.80 bits per heavy atom. The zero-order valence-corrected chi connectivity index (χ0v) is 11.2. The second kappa shape index (κ2) is 6.21. The van der Waals surface area contributed by atoms with Crippen LogP contribution in [0.5, 0.6) is 0 Å². The highest BCUT2D eigenvalue weighted by molar-refractivity contribution is 9.09. The zero-order valence-electron chi connectivity index (χ0n) is 9.63. The summed E-state index contributed by atoms with van der Waals surface area (Å²) >= 11 is 3.51. The third-order valence-electron chi connectivity index (χ3n) is 3.75. The highest BCUT2D eigenvalue weighted by atomic mass is 79.9. The fourth-order valence-electron chi connectivity index (χ4n) is 2.92. The molecule has 2 fully saturated rings. The summed E-state index contributed by atoms with van der Waals surface area (Å²) in [6.45, 7) is 6.69. The molecular weight excluding hydrogens is 252 g/mol. The maximum absolute atomic E-state index is 3.51. The molecule has 2 heterocycles. The molecule has 2 rings (SSSR count). The second-order valence-corrected chi connectivity index (χ2v) is 5.68. The minimum Gasteiger partial charge on any atom is -0.302 e. The molecule has 0 aromatic rings. The predicted molar refractivity (Wildman–Crippen MR) is 68.7 cm³/mol. The van der Waals surface area contributed by atoms with E-state index in [9.17, 15) is 0 Å². The molecule has 0 N–H and O–H groups in total. The number of fused-ring (bicyclic) bond motifs is 1.